The first-order valence-electron chi connectivity index (χ1n) is 6.88. The van der Waals surface area contributed by atoms with Crippen LogP contribution in [0.3, 0.4) is 0 Å². The van der Waals surface area contributed by atoms with Crippen molar-refractivity contribution in [3.63, 3.8) is 0 Å². The van der Waals surface area contributed by atoms with E-state index in [0.29, 0.717) is 5.39 Å². The summed E-state index contributed by atoms with van der Waals surface area (Å²) in [5.41, 5.74) is 0.894. The predicted molar refractivity (Wildman–Crippen MR) is 82.2 cm³/mol. The Morgan fingerprint density at radius 2 is 1.86 bits per heavy atom. The molecule has 0 amide bonds. The third-order valence-electron chi connectivity index (χ3n) is 3.78. The van der Waals surface area contributed by atoms with Crippen LogP contribution in [-0.2, 0) is 20.3 Å². The normalized spacial score (nSPS) is 17.4. The van der Waals surface area contributed by atoms with Crippen molar-refractivity contribution in [2.75, 3.05) is 32.8 Å². The van der Waals surface area contributed by atoms with Gasteiger partial charge in [-0.3, -0.25) is 4.90 Å². The molecule has 2 aromatic rings. The SMILES string of the molecule is O=S(=O)(Cl)c1cn(CCN2CCOCC2)c2ccccc12. The van der Waals surface area contributed by atoms with Crippen molar-refractivity contribution in [2.24, 2.45) is 0 Å². The lowest BCUT2D eigenvalue weighted by molar-refractivity contribution is 0.0365. The third-order valence-corrected chi connectivity index (χ3v) is 5.12. The lowest BCUT2D eigenvalue weighted by Gasteiger charge is -2.26. The number of hydrogen-bond donors (Lipinski definition) is 0. The molecule has 1 fully saturated rings. The summed E-state index contributed by atoms with van der Waals surface area (Å²) in [6.07, 6.45) is 1.63. The van der Waals surface area contributed by atoms with Gasteiger partial charge < -0.3 is 9.30 Å². The van der Waals surface area contributed by atoms with Crippen LogP contribution in [0.2, 0.25) is 0 Å². The average molecular weight is 329 g/mol. The Kier molecular flexibility index (Phi) is 4.21. The van der Waals surface area contributed by atoms with Gasteiger partial charge >= 0.3 is 0 Å². The van der Waals surface area contributed by atoms with Gasteiger partial charge in [0.25, 0.3) is 9.05 Å². The van der Waals surface area contributed by atoms with E-state index in [1.54, 1.807) is 12.3 Å². The highest BCUT2D eigenvalue weighted by atomic mass is 35.7. The Bertz CT molecular complexity index is 736. The first kappa shape index (κ1) is 14.8. The van der Waals surface area contributed by atoms with E-state index in [1.807, 2.05) is 22.8 Å². The topological polar surface area (TPSA) is 51.5 Å². The lowest BCUT2D eigenvalue weighted by Crippen LogP contribution is -2.38. The summed E-state index contributed by atoms with van der Waals surface area (Å²) in [4.78, 5) is 2.49. The van der Waals surface area contributed by atoms with Crippen LogP contribution in [0.5, 0.6) is 0 Å². The van der Waals surface area contributed by atoms with Crippen molar-refractivity contribution in [1.82, 2.24) is 9.47 Å². The zero-order chi connectivity index (χ0) is 14.9. The first-order chi connectivity index (χ1) is 10.1. The Morgan fingerprint density at radius 1 is 1.14 bits per heavy atom. The molecule has 1 aromatic heterocycles. The number of fused-ring (bicyclic) bond motifs is 1. The lowest BCUT2D eigenvalue weighted by atomic mass is 10.2. The molecule has 1 aliphatic heterocycles. The second-order valence-electron chi connectivity index (χ2n) is 5.10. The molecule has 1 saturated heterocycles. The Hall–Kier alpha value is -1.08. The maximum Gasteiger partial charge on any atom is 0.263 e. The van der Waals surface area contributed by atoms with Crippen LogP contribution in [0, 0.1) is 0 Å². The largest absolute Gasteiger partial charge is 0.379 e. The molecule has 3 rings (SSSR count). The van der Waals surface area contributed by atoms with Crippen LogP contribution in [-0.4, -0.2) is 50.7 Å². The summed E-state index contributed by atoms with van der Waals surface area (Å²) in [5.74, 6) is 0. The number of aromatic nitrogens is 1. The highest BCUT2D eigenvalue weighted by molar-refractivity contribution is 8.14. The number of morpholine rings is 1. The van der Waals surface area contributed by atoms with Gasteiger partial charge in [0, 0.05) is 54.0 Å². The molecule has 0 spiro atoms. The van der Waals surface area contributed by atoms with E-state index in [4.69, 9.17) is 15.4 Å². The molecular formula is C14H17ClN2O3S. The van der Waals surface area contributed by atoms with Crippen molar-refractivity contribution in [3.8, 4) is 0 Å². The number of rotatable bonds is 4. The second kappa shape index (κ2) is 5.96. The van der Waals surface area contributed by atoms with Crippen molar-refractivity contribution in [1.29, 1.82) is 0 Å². The predicted octanol–water partition coefficient (Wildman–Crippen LogP) is 1.90. The molecular weight excluding hydrogens is 312 g/mol. The van der Waals surface area contributed by atoms with E-state index < -0.39 is 9.05 Å². The minimum Gasteiger partial charge on any atom is -0.379 e. The maximum absolute atomic E-state index is 11.7. The Morgan fingerprint density at radius 3 is 2.57 bits per heavy atom. The zero-order valence-corrected chi connectivity index (χ0v) is 13.1. The fourth-order valence-electron chi connectivity index (χ4n) is 2.67. The molecule has 2 heterocycles. The third kappa shape index (κ3) is 3.23. The maximum atomic E-state index is 11.7. The molecule has 1 aliphatic rings. The number of hydrogen-bond acceptors (Lipinski definition) is 4. The molecule has 0 bridgehead atoms. The van der Waals surface area contributed by atoms with E-state index in [2.05, 4.69) is 4.90 Å². The quantitative estimate of drug-likeness (QED) is 0.804. The van der Waals surface area contributed by atoms with Gasteiger partial charge in [0.05, 0.1) is 13.2 Å². The van der Waals surface area contributed by atoms with Crippen molar-refractivity contribution in [2.45, 2.75) is 11.4 Å². The van der Waals surface area contributed by atoms with Crippen LogP contribution in [0.1, 0.15) is 0 Å². The number of para-hydroxylation sites is 1. The van der Waals surface area contributed by atoms with Gasteiger partial charge in [0.1, 0.15) is 4.90 Å². The van der Waals surface area contributed by atoms with Gasteiger partial charge in [-0.05, 0) is 6.07 Å². The van der Waals surface area contributed by atoms with Crippen LogP contribution in [0.15, 0.2) is 35.4 Å². The van der Waals surface area contributed by atoms with E-state index in [9.17, 15) is 8.42 Å². The van der Waals surface area contributed by atoms with Crippen molar-refractivity contribution >= 4 is 30.6 Å². The van der Waals surface area contributed by atoms with Crippen molar-refractivity contribution < 1.29 is 13.2 Å². The summed E-state index contributed by atoms with van der Waals surface area (Å²) in [6, 6.07) is 7.43. The van der Waals surface area contributed by atoms with Crippen LogP contribution in [0.4, 0.5) is 0 Å². The number of halogens is 1. The van der Waals surface area contributed by atoms with Gasteiger partial charge in [-0.25, -0.2) is 8.42 Å². The molecule has 1 aromatic carbocycles. The molecule has 21 heavy (non-hydrogen) atoms. The van der Waals surface area contributed by atoms with E-state index in [1.165, 1.54) is 0 Å². The molecule has 0 radical (unpaired) electrons. The standard InChI is InChI=1S/C14H17ClN2O3S/c15-21(18,19)14-11-17(13-4-2-1-3-12(13)14)6-5-16-7-9-20-10-8-16/h1-4,11H,5-10H2. The minimum absolute atomic E-state index is 0.182. The van der Waals surface area contributed by atoms with Crippen LogP contribution < -0.4 is 0 Å². The Labute approximate surface area is 128 Å². The van der Waals surface area contributed by atoms with Crippen LogP contribution in [0.25, 0.3) is 10.9 Å². The van der Waals surface area contributed by atoms with Gasteiger partial charge in [0.2, 0.25) is 0 Å². The summed E-state index contributed by atoms with van der Waals surface area (Å²) >= 11 is 0. The van der Waals surface area contributed by atoms with Gasteiger partial charge in [-0.1, -0.05) is 18.2 Å². The smallest absolute Gasteiger partial charge is 0.263 e. The summed E-state index contributed by atoms with van der Waals surface area (Å²) in [5, 5.41) is 0.675. The highest BCUT2D eigenvalue weighted by Crippen LogP contribution is 2.27. The fourth-order valence-corrected chi connectivity index (χ4v) is 3.72. The summed E-state index contributed by atoms with van der Waals surface area (Å²) in [7, 11) is 1.80. The highest BCUT2D eigenvalue weighted by Gasteiger charge is 2.19. The summed E-state index contributed by atoms with van der Waals surface area (Å²) < 4.78 is 30.7. The van der Waals surface area contributed by atoms with Gasteiger partial charge in [-0.2, -0.15) is 0 Å². The summed E-state index contributed by atoms with van der Waals surface area (Å²) in [6.45, 7) is 4.94. The molecule has 5 nitrogen and oxygen atoms in total. The van der Waals surface area contributed by atoms with E-state index in [-0.39, 0.29) is 4.90 Å². The van der Waals surface area contributed by atoms with Crippen molar-refractivity contribution in [3.05, 3.63) is 30.5 Å². The number of nitrogens with zero attached hydrogens (tertiary/aromatic N) is 2. The molecule has 114 valence electrons. The molecule has 0 unspecified atom stereocenters. The van der Waals surface area contributed by atoms with Gasteiger partial charge in [0.15, 0.2) is 0 Å². The Balaban J connectivity index is 1.88. The number of ether oxygens (including phenoxy) is 1. The molecule has 7 heteroatoms. The number of benzene rings is 1. The monoisotopic (exact) mass is 328 g/mol. The molecule has 0 N–H and O–H groups in total. The first-order valence-corrected chi connectivity index (χ1v) is 9.19. The second-order valence-corrected chi connectivity index (χ2v) is 7.63. The van der Waals surface area contributed by atoms with Gasteiger partial charge in [-0.15, -0.1) is 0 Å². The van der Waals surface area contributed by atoms with Crippen LogP contribution >= 0.6 is 10.7 Å². The average Bonchev–Trinajstić information content (AvgIpc) is 2.85. The van der Waals surface area contributed by atoms with E-state index in [0.717, 1.165) is 44.9 Å². The fraction of sp³-hybridized carbons (Fsp3) is 0.429. The zero-order valence-electron chi connectivity index (χ0n) is 11.5. The minimum atomic E-state index is -3.73. The molecule has 0 atom stereocenters. The molecule has 0 saturated carbocycles. The van der Waals surface area contributed by atoms with E-state index >= 15 is 0 Å². The molecule has 0 aliphatic carbocycles.